The van der Waals surface area contributed by atoms with Crippen LogP contribution in [0.4, 0.5) is 0 Å². The highest BCUT2D eigenvalue weighted by atomic mass is 16.1. The molecule has 236 valence electrons. The Morgan fingerprint density at radius 1 is 0.320 bits per heavy atom. The Balaban J connectivity index is 1.12. The Hall–Kier alpha value is -6.85. The monoisotopic (exact) mass is 642 g/mol. The average Bonchev–Trinajstić information content (AvgIpc) is 3.97. The summed E-state index contributed by atoms with van der Waals surface area (Å²) in [5, 5.41) is 4.53. The van der Waals surface area contributed by atoms with E-state index in [0.29, 0.717) is 11.1 Å². The molecule has 0 aliphatic carbocycles. The van der Waals surface area contributed by atoms with Crippen molar-refractivity contribution in [3.63, 3.8) is 0 Å². The number of hydrogen-bond donors (Lipinski definition) is 4. The van der Waals surface area contributed by atoms with Crippen molar-refractivity contribution in [3.8, 4) is 45.0 Å². The van der Waals surface area contributed by atoms with Crippen LogP contribution in [-0.2, 0) is 0 Å². The van der Waals surface area contributed by atoms with Crippen molar-refractivity contribution < 1.29 is 4.79 Å². The summed E-state index contributed by atoms with van der Waals surface area (Å²) in [4.78, 5) is 28.9. The summed E-state index contributed by atoms with van der Waals surface area (Å²) in [6.45, 7) is 0. The van der Waals surface area contributed by atoms with E-state index in [4.69, 9.17) is 0 Å². The largest absolute Gasteiger partial charge is 0.355 e. The molecule has 6 aromatic carbocycles. The van der Waals surface area contributed by atoms with E-state index in [1.807, 2.05) is 72.8 Å². The van der Waals surface area contributed by atoms with Crippen LogP contribution in [-0.4, -0.2) is 25.7 Å². The first-order valence-electron chi connectivity index (χ1n) is 16.8. The van der Waals surface area contributed by atoms with Gasteiger partial charge in [0.15, 0.2) is 5.78 Å². The maximum atomic E-state index is 14.5. The fourth-order valence-electron chi connectivity index (χ4n) is 7.33. The van der Waals surface area contributed by atoms with Crippen molar-refractivity contribution >= 4 is 49.4 Å². The van der Waals surface area contributed by atoms with Crippen LogP contribution in [0.1, 0.15) is 15.9 Å². The Morgan fingerprint density at radius 2 is 0.620 bits per heavy atom. The molecule has 5 heteroatoms. The highest BCUT2D eigenvalue weighted by molar-refractivity contribution is 6.11. The van der Waals surface area contributed by atoms with E-state index >= 15 is 0 Å². The summed E-state index contributed by atoms with van der Waals surface area (Å²) in [6.07, 6.45) is 0. The smallest absolute Gasteiger partial charge is 0.193 e. The van der Waals surface area contributed by atoms with Gasteiger partial charge < -0.3 is 19.9 Å². The molecule has 0 aliphatic rings. The number of nitrogens with one attached hydrogen (secondary N) is 4. The maximum absolute atomic E-state index is 14.5. The fourth-order valence-corrected chi connectivity index (χ4v) is 7.33. The van der Waals surface area contributed by atoms with Gasteiger partial charge in [-0.2, -0.15) is 0 Å². The van der Waals surface area contributed by atoms with Gasteiger partial charge in [-0.05, 0) is 60.7 Å². The molecule has 0 fully saturated rings. The highest BCUT2D eigenvalue weighted by Crippen LogP contribution is 2.38. The number of aromatic amines is 4. The standard InChI is InChI=1S/C45H30N4O/c50-45(31-17-19-33(41-23-27-9-1-5-13-37(27)46-41)35(21-31)43-25-29-11-3-7-15-39(29)48-43)32-18-20-34(42-24-28-10-2-6-14-38(28)47-42)36(22-32)44-26-30-12-4-8-16-40(30)49-44/h1-26,46-49H. The average molecular weight is 643 g/mol. The van der Waals surface area contributed by atoms with Gasteiger partial charge in [0.2, 0.25) is 0 Å². The third kappa shape index (κ3) is 4.67. The number of H-pyrrole nitrogens is 4. The fraction of sp³-hybridized carbons (Fsp3) is 0. The Morgan fingerprint density at radius 3 is 0.940 bits per heavy atom. The molecule has 0 bridgehead atoms. The number of hydrogen-bond acceptors (Lipinski definition) is 1. The second kappa shape index (κ2) is 11.1. The topological polar surface area (TPSA) is 80.2 Å². The molecule has 0 radical (unpaired) electrons. The summed E-state index contributed by atoms with van der Waals surface area (Å²) >= 11 is 0. The normalized spacial score (nSPS) is 11.7. The molecule has 4 N–H and O–H groups in total. The third-order valence-corrected chi connectivity index (χ3v) is 9.84. The van der Waals surface area contributed by atoms with Gasteiger partial charge in [0, 0.05) is 99.8 Å². The van der Waals surface area contributed by atoms with Crippen LogP contribution >= 0.6 is 0 Å². The molecule has 0 unspecified atom stereocenters. The van der Waals surface area contributed by atoms with Gasteiger partial charge in [-0.1, -0.05) is 97.1 Å². The molecule has 0 aliphatic heterocycles. The lowest BCUT2D eigenvalue weighted by Gasteiger charge is -2.12. The first kappa shape index (κ1) is 28.2. The molecular weight excluding hydrogens is 613 g/mol. The zero-order chi connectivity index (χ0) is 33.2. The molecule has 0 saturated heterocycles. The molecule has 10 rings (SSSR count). The van der Waals surface area contributed by atoms with Crippen molar-refractivity contribution in [1.82, 2.24) is 19.9 Å². The first-order chi connectivity index (χ1) is 24.6. The van der Waals surface area contributed by atoms with E-state index < -0.39 is 0 Å². The van der Waals surface area contributed by atoms with E-state index in [2.05, 4.69) is 105 Å². The molecule has 10 aromatic rings. The highest BCUT2D eigenvalue weighted by Gasteiger charge is 2.20. The van der Waals surface area contributed by atoms with Crippen LogP contribution in [0.15, 0.2) is 158 Å². The molecule has 5 nitrogen and oxygen atoms in total. The Kier molecular flexibility index (Phi) is 6.26. The van der Waals surface area contributed by atoms with Crippen LogP contribution in [0.25, 0.3) is 88.6 Å². The van der Waals surface area contributed by atoms with Crippen molar-refractivity contribution in [1.29, 1.82) is 0 Å². The van der Waals surface area contributed by atoms with Crippen LogP contribution in [0, 0.1) is 0 Å². The lowest BCUT2D eigenvalue weighted by molar-refractivity contribution is 0.103. The molecule has 4 heterocycles. The summed E-state index contributed by atoms with van der Waals surface area (Å²) in [5.74, 6) is -0.0360. The molecular formula is C45H30N4O. The predicted octanol–water partition coefficient (Wildman–Crippen LogP) is 11.5. The molecule has 0 atom stereocenters. The van der Waals surface area contributed by atoms with Crippen molar-refractivity contribution in [3.05, 3.63) is 169 Å². The SMILES string of the molecule is O=C(c1ccc(-c2cc3ccccc3[nH]2)c(-c2cc3ccccc3[nH]2)c1)c1ccc(-c2cc3ccccc3[nH]2)c(-c2cc3ccccc3[nH]2)c1. The zero-order valence-electron chi connectivity index (χ0n) is 26.9. The number of aromatic nitrogens is 4. The summed E-state index contributed by atoms with van der Waals surface area (Å²) in [5.41, 5.74) is 13.4. The minimum absolute atomic E-state index is 0.0360. The number of para-hydroxylation sites is 4. The van der Waals surface area contributed by atoms with E-state index in [0.717, 1.165) is 88.6 Å². The van der Waals surface area contributed by atoms with Crippen LogP contribution in [0.2, 0.25) is 0 Å². The van der Waals surface area contributed by atoms with Crippen LogP contribution in [0.5, 0.6) is 0 Å². The van der Waals surface area contributed by atoms with Gasteiger partial charge in [0.1, 0.15) is 0 Å². The summed E-state index contributed by atoms with van der Waals surface area (Å²) in [6, 6.07) is 53.9. The third-order valence-electron chi connectivity index (χ3n) is 9.84. The molecule has 0 spiro atoms. The minimum atomic E-state index is -0.0360. The van der Waals surface area contributed by atoms with E-state index in [1.165, 1.54) is 0 Å². The number of fused-ring (bicyclic) bond motifs is 4. The first-order valence-corrected chi connectivity index (χ1v) is 16.8. The Bertz CT molecular complexity index is 2580. The van der Waals surface area contributed by atoms with E-state index in [-0.39, 0.29) is 5.78 Å². The number of ketones is 1. The van der Waals surface area contributed by atoms with E-state index in [1.54, 1.807) is 0 Å². The van der Waals surface area contributed by atoms with Gasteiger partial charge in [-0.3, -0.25) is 4.79 Å². The molecule has 4 aromatic heterocycles. The number of rotatable bonds is 6. The predicted molar refractivity (Wildman–Crippen MR) is 205 cm³/mol. The van der Waals surface area contributed by atoms with Crippen LogP contribution < -0.4 is 0 Å². The summed E-state index contributed by atoms with van der Waals surface area (Å²) < 4.78 is 0. The van der Waals surface area contributed by atoms with Gasteiger partial charge in [-0.25, -0.2) is 0 Å². The van der Waals surface area contributed by atoms with Crippen molar-refractivity contribution in [2.24, 2.45) is 0 Å². The van der Waals surface area contributed by atoms with Crippen LogP contribution in [0.3, 0.4) is 0 Å². The van der Waals surface area contributed by atoms with Gasteiger partial charge in [0.25, 0.3) is 0 Å². The molecule has 0 amide bonds. The minimum Gasteiger partial charge on any atom is -0.355 e. The number of carbonyl (C=O) groups excluding carboxylic acids is 1. The second-order valence-corrected chi connectivity index (χ2v) is 12.9. The zero-order valence-corrected chi connectivity index (χ0v) is 26.9. The second-order valence-electron chi connectivity index (χ2n) is 12.9. The summed E-state index contributed by atoms with van der Waals surface area (Å²) in [7, 11) is 0. The number of benzene rings is 6. The molecule has 0 saturated carbocycles. The Labute approximate surface area is 287 Å². The lowest BCUT2D eigenvalue weighted by atomic mass is 9.92. The maximum Gasteiger partial charge on any atom is 0.193 e. The van der Waals surface area contributed by atoms with Gasteiger partial charge in [-0.15, -0.1) is 0 Å². The quantitative estimate of drug-likeness (QED) is 0.134. The lowest BCUT2D eigenvalue weighted by Crippen LogP contribution is -2.03. The van der Waals surface area contributed by atoms with Crippen molar-refractivity contribution in [2.45, 2.75) is 0 Å². The van der Waals surface area contributed by atoms with Gasteiger partial charge >= 0.3 is 0 Å². The van der Waals surface area contributed by atoms with E-state index in [9.17, 15) is 4.79 Å². The number of carbonyl (C=O) groups is 1. The molecule has 50 heavy (non-hydrogen) atoms. The van der Waals surface area contributed by atoms with Gasteiger partial charge in [0.05, 0.1) is 0 Å². The van der Waals surface area contributed by atoms with Crippen molar-refractivity contribution in [2.75, 3.05) is 0 Å².